The average Bonchev–Trinajstić information content (AvgIpc) is 2.62. The highest BCUT2D eigenvalue weighted by Crippen LogP contribution is 2.15. The predicted octanol–water partition coefficient (Wildman–Crippen LogP) is 1.83. The van der Waals surface area contributed by atoms with Crippen LogP contribution in [0.1, 0.15) is 13.3 Å². The number of carbonyl (C=O) groups is 1. The van der Waals surface area contributed by atoms with Gasteiger partial charge in [0.15, 0.2) is 5.96 Å². The number of carbonyl (C=O) groups excluding carboxylic acids is 1. The van der Waals surface area contributed by atoms with Crippen LogP contribution in [0.5, 0.6) is 0 Å². The van der Waals surface area contributed by atoms with Gasteiger partial charge in [-0.25, -0.2) is 4.99 Å². The molecule has 0 radical (unpaired) electrons. The maximum absolute atomic E-state index is 11.7. The van der Waals surface area contributed by atoms with Crippen molar-refractivity contribution in [2.75, 3.05) is 52.7 Å². The van der Waals surface area contributed by atoms with Crippen LogP contribution in [0.25, 0.3) is 0 Å². The Kier molecular flexibility index (Phi) is 11.6. The summed E-state index contributed by atoms with van der Waals surface area (Å²) in [5, 5.41) is 6.53. The van der Waals surface area contributed by atoms with E-state index in [0.717, 1.165) is 38.5 Å². The Morgan fingerprint density at radius 1 is 1.20 bits per heavy atom. The van der Waals surface area contributed by atoms with Crippen LogP contribution in [-0.4, -0.2) is 69.5 Å². The minimum absolute atomic E-state index is 0.0194. The van der Waals surface area contributed by atoms with Gasteiger partial charge in [-0.15, -0.1) is 11.8 Å². The number of hydrogen-bond acceptors (Lipinski definition) is 4. The van der Waals surface area contributed by atoms with Gasteiger partial charge in [-0.2, -0.15) is 0 Å². The fourth-order valence-electron chi connectivity index (χ4n) is 1.84. The molecular weight excluding hydrogens is 336 g/mol. The lowest BCUT2D eigenvalue weighted by molar-refractivity contribution is -0.127. The number of rotatable bonds is 11. The molecule has 25 heavy (non-hydrogen) atoms. The van der Waals surface area contributed by atoms with Gasteiger partial charge >= 0.3 is 0 Å². The zero-order valence-corrected chi connectivity index (χ0v) is 16.3. The third kappa shape index (κ3) is 10.7. The van der Waals surface area contributed by atoms with Crippen molar-refractivity contribution in [1.29, 1.82) is 0 Å². The van der Waals surface area contributed by atoms with Crippen LogP contribution in [0.2, 0.25) is 0 Å². The molecule has 140 valence electrons. The standard InChI is InChI=1S/C18H30N4O2S/c1-4-24-13-8-11-19-18(21-15-17(23)22(2)3)20-12-14-25-16-9-6-5-7-10-16/h5-7,9-10H,4,8,11-15H2,1-3H3,(H2,19,20,21). The number of aliphatic imine (C=N–C) groups is 1. The van der Waals surface area contributed by atoms with E-state index < -0.39 is 0 Å². The molecule has 1 aromatic rings. The molecule has 0 spiro atoms. The van der Waals surface area contributed by atoms with Gasteiger partial charge in [0.1, 0.15) is 6.54 Å². The first-order valence-electron chi connectivity index (χ1n) is 8.61. The second kappa shape index (κ2) is 13.5. The van der Waals surface area contributed by atoms with Crippen molar-refractivity contribution in [1.82, 2.24) is 15.5 Å². The quantitative estimate of drug-likeness (QED) is 0.271. The van der Waals surface area contributed by atoms with Gasteiger partial charge in [0.2, 0.25) is 5.91 Å². The van der Waals surface area contributed by atoms with Crippen molar-refractivity contribution in [3.05, 3.63) is 30.3 Å². The van der Waals surface area contributed by atoms with Gasteiger partial charge < -0.3 is 20.3 Å². The van der Waals surface area contributed by atoms with Crippen LogP contribution >= 0.6 is 11.8 Å². The third-order valence-corrected chi connectivity index (χ3v) is 4.25. The lowest BCUT2D eigenvalue weighted by Gasteiger charge is -2.13. The highest BCUT2D eigenvalue weighted by atomic mass is 32.2. The third-order valence-electron chi connectivity index (χ3n) is 3.24. The molecule has 1 amide bonds. The lowest BCUT2D eigenvalue weighted by atomic mass is 10.4. The summed E-state index contributed by atoms with van der Waals surface area (Å²) in [6, 6.07) is 10.3. The van der Waals surface area contributed by atoms with E-state index in [-0.39, 0.29) is 12.5 Å². The fourth-order valence-corrected chi connectivity index (χ4v) is 2.63. The van der Waals surface area contributed by atoms with Crippen molar-refractivity contribution in [3.8, 4) is 0 Å². The maximum Gasteiger partial charge on any atom is 0.243 e. The molecule has 0 atom stereocenters. The topological polar surface area (TPSA) is 66.0 Å². The summed E-state index contributed by atoms with van der Waals surface area (Å²) in [4.78, 5) is 18.9. The van der Waals surface area contributed by atoms with E-state index in [2.05, 4.69) is 27.8 Å². The number of amides is 1. The summed E-state index contributed by atoms with van der Waals surface area (Å²) < 4.78 is 5.33. The Morgan fingerprint density at radius 2 is 1.92 bits per heavy atom. The molecule has 0 saturated carbocycles. The Labute approximate surface area is 155 Å². The Morgan fingerprint density at radius 3 is 2.60 bits per heavy atom. The first-order valence-corrected chi connectivity index (χ1v) is 9.60. The molecule has 0 bridgehead atoms. The zero-order chi connectivity index (χ0) is 18.3. The summed E-state index contributed by atoms with van der Waals surface area (Å²) >= 11 is 1.79. The molecule has 6 nitrogen and oxygen atoms in total. The Balaban J connectivity index is 2.37. The van der Waals surface area contributed by atoms with Crippen molar-refractivity contribution in [2.45, 2.75) is 18.2 Å². The summed E-state index contributed by atoms with van der Waals surface area (Å²) in [5.74, 6) is 1.57. The molecule has 0 aliphatic carbocycles. The van der Waals surface area contributed by atoms with Crippen LogP contribution in [0.15, 0.2) is 40.2 Å². The predicted molar refractivity (Wildman–Crippen MR) is 105 cm³/mol. The summed E-state index contributed by atoms with van der Waals surface area (Å²) in [5.41, 5.74) is 0. The van der Waals surface area contributed by atoms with E-state index >= 15 is 0 Å². The molecule has 0 unspecified atom stereocenters. The monoisotopic (exact) mass is 366 g/mol. The molecule has 0 heterocycles. The van der Waals surface area contributed by atoms with Crippen LogP contribution in [-0.2, 0) is 9.53 Å². The number of ether oxygens (including phenoxy) is 1. The minimum Gasteiger partial charge on any atom is -0.382 e. The SMILES string of the molecule is CCOCCCNC(=NCC(=O)N(C)C)NCCSc1ccccc1. The number of benzene rings is 1. The number of likely N-dealkylation sites (N-methyl/N-ethyl adjacent to an activating group) is 1. The van der Waals surface area contributed by atoms with E-state index in [4.69, 9.17) is 4.74 Å². The Bertz CT molecular complexity index is 509. The first kappa shape index (κ1) is 21.3. The zero-order valence-electron chi connectivity index (χ0n) is 15.5. The van der Waals surface area contributed by atoms with E-state index in [1.807, 2.05) is 25.1 Å². The number of nitrogens with zero attached hydrogens (tertiary/aromatic N) is 2. The van der Waals surface area contributed by atoms with E-state index in [1.54, 1.807) is 30.8 Å². The van der Waals surface area contributed by atoms with Crippen molar-refractivity contribution in [3.63, 3.8) is 0 Å². The molecule has 0 fully saturated rings. The maximum atomic E-state index is 11.7. The largest absolute Gasteiger partial charge is 0.382 e. The van der Waals surface area contributed by atoms with Crippen LogP contribution in [0.4, 0.5) is 0 Å². The van der Waals surface area contributed by atoms with Crippen LogP contribution < -0.4 is 10.6 Å². The lowest BCUT2D eigenvalue weighted by Crippen LogP contribution is -2.40. The number of hydrogen-bond donors (Lipinski definition) is 2. The normalized spacial score (nSPS) is 11.2. The summed E-state index contributed by atoms with van der Waals surface area (Å²) in [6.07, 6.45) is 0.898. The molecule has 2 N–H and O–H groups in total. The number of nitrogens with one attached hydrogen (secondary N) is 2. The first-order chi connectivity index (χ1) is 12.1. The molecule has 7 heteroatoms. The van der Waals surface area contributed by atoms with Gasteiger partial charge in [0, 0.05) is 51.0 Å². The molecule has 0 aromatic heterocycles. The second-order valence-corrected chi connectivity index (χ2v) is 6.69. The van der Waals surface area contributed by atoms with Crippen molar-refractivity contribution < 1.29 is 9.53 Å². The Hall–Kier alpha value is -1.73. The second-order valence-electron chi connectivity index (χ2n) is 5.52. The molecular formula is C18H30N4O2S. The summed E-state index contributed by atoms with van der Waals surface area (Å²) in [7, 11) is 3.47. The number of guanidine groups is 1. The van der Waals surface area contributed by atoms with Crippen LogP contribution in [0, 0.1) is 0 Å². The molecule has 0 aliphatic rings. The highest BCUT2D eigenvalue weighted by Gasteiger charge is 2.04. The van der Waals surface area contributed by atoms with Gasteiger partial charge in [0.25, 0.3) is 0 Å². The van der Waals surface area contributed by atoms with Gasteiger partial charge in [0.05, 0.1) is 0 Å². The van der Waals surface area contributed by atoms with Gasteiger partial charge in [-0.3, -0.25) is 4.79 Å². The fraction of sp³-hybridized carbons (Fsp3) is 0.556. The van der Waals surface area contributed by atoms with E-state index in [0.29, 0.717) is 5.96 Å². The van der Waals surface area contributed by atoms with E-state index in [9.17, 15) is 4.79 Å². The smallest absolute Gasteiger partial charge is 0.243 e. The molecule has 1 aromatic carbocycles. The number of thioether (sulfide) groups is 1. The molecule has 0 aliphatic heterocycles. The summed E-state index contributed by atoms with van der Waals surface area (Å²) in [6.45, 7) is 5.10. The van der Waals surface area contributed by atoms with Crippen molar-refractivity contribution >= 4 is 23.6 Å². The van der Waals surface area contributed by atoms with Crippen molar-refractivity contribution in [2.24, 2.45) is 4.99 Å². The molecule has 1 rings (SSSR count). The van der Waals surface area contributed by atoms with Crippen LogP contribution in [0.3, 0.4) is 0 Å². The molecule has 0 saturated heterocycles. The highest BCUT2D eigenvalue weighted by molar-refractivity contribution is 7.99. The van der Waals surface area contributed by atoms with Gasteiger partial charge in [-0.05, 0) is 25.5 Å². The average molecular weight is 367 g/mol. The minimum atomic E-state index is -0.0194. The van der Waals surface area contributed by atoms with E-state index in [1.165, 1.54) is 4.90 Å². The van der Waals surface area contributed by atoms with Gasteiger partial charge in [-0.1, -0.05) is 18.2 Å².